The van der Waals surface area contributed by atoms with Crippen LogP contribution in [0.3, 0.4) is 0 Å². The number of aromatic nitrogens is 1. The van der Waals surface area contributed by atoms with Crippen LogP contribution in [-0.2, 0) is 16.1 Å². The monoisotopic (exact) mass is 437 g/mol. The Kier molecular flexibility index (Phi) is 4.86. The van der Waals surface area contributed by atoms with Gasteiger partial charge >= 0.3 is 6.03 Å². The summed E-state index contributed by atoms with van der Waals surface area (Å²) >= 11 is 0. The molecule has 0 bridgehead atoms. The highest BCUT2D eigenvalue weighted by atomic mass is 16.2. The molecule has 6 heteroatoms. The third kappa shape index (κ3) is 3.40. The zero-order valence-corrected chi connectivity index (χ0v) is 18.7. The van der Waals surface area contributed by atoms with Crippen molar-refractivity contribution in [3.05, 3.63) is 82.9 Å². The van der Waals surface area contributed by atoms with E-state index < -0.39 is 17.8 Å². The Labute approximate surface area is 191 Å². The first-order valence-corrected chi connectivity index (χ1v) is 10.9. The SMILES string of the molecule is CCn1c2ccccc2c2cc(/C=C3\C(=O)NC(=O)N(c4cc(C)cc(C)c4)C3=O)ccc21. The van der Waals surface area contributed by atoms with Crippen LogP contribution < -0.4 is 10.2 Å². The summed E-state index contributed by atoms with van der Waals surface area (Å²) in [4.78, 5) is 39.4. The third-order valence-electron chi connectivity index (χ3n) is 5.99. The van der Waals surface area contributed by atoms with Gasteiger partial charge in [-0.2, -0.15) is 0 Å². The number of urea groups is 1. The van der Waals surface area contributed by atoms with Crippen LogP contribution in [0.5, 0.6) is 0 Å². The van der Waals surface area contributed by atoms with Crippen LogP contribution in [0.1, 0.15) is 23.6 Å². The summed E-state index contributed by atoms with van der Waals surface area (Å²) < 4.78 is 2.24. The highest BCUT2D eigenvalue weighted by molar-refractivity contribution is 6.39. The quantitative estimate of drug-likeness (QED) is 0.358. The maximum Gasteiger partial charge on any atom is 0.335 e. The molecule has 3 aromatic carbocycles. The Bertz CT molecular complexity index is 1490. The van der Waals surface area contributed by atoms with Gasteiger partial charge in [0.25, 0.3) is 11.8 Å². The number of aryl methyl sites for hydroxylation is 3. The number of anilines is 1. The molecule has 0 aliphatic carbocycles. The molecule has 1 N–H and O–H groups in total. The molecule has 0 saturated carbocycles. The summed E-state index contributed by atoms with van der Waals surface area (Å²) in [6.07, 6.45) is 1.55. The maximum atomic E-state index is 13.3. The first kappa shape index (κ1) is 20.7. The predicted octanol–water partition coefficient (Wildman–Crippen LogP) is 5.10. The van der Waals surface area contributed by atoms with Crippen molar-refractivity contribution in [1.29, 1.82) is 0 Å². The molecule has 5 rings (SSSR count). The number of carbonyl (C=O) groups is 3. The number of rotatable bonds is 3. The van der Waals surface area contributed by atoms with Crippen molar-refractivity contribution in [2.24, 2.45) is 0 Å². The minimum absolute atomic E-state index is 0.0765. The van der Waals surface area contributed by atoms with Crippen molar-refractivity contribution in [2.45, 2.75) is 27.3 Å². The number of hydrogen-bond donors (Lipinski definition) is 1. The number of imide groups is 2. The van der Waals surface area contributed by atoms with Crippen molar-refractivity contribution >= 4 is 51.4 Å². The Morgan fingerprint density at radius 3 is 2.27 bits per heavy atom. The summed E-state index contributed by atoms with van der Waals surface area (Å²) in [5.41, 5.74) is 5.15. The number of carbonyl (C=O) groups excluding carboxylic acids is 3. The van der Waals surface area contributed by atoms with Crippen LogP contribution in [0.2, 0.25) is 0 Å². The van der Waals surface area contributed by atoms with E-state index in [9.17, 15) is 14.4 Å². The summed E-state index contributed by atoms with van der Waals surface area (Å²) in [5, 5.41) is 4.46. The summed E-state index contributed by atoms with van der Waals surface area (Å²) in [5.74, 6) is -1.33. The first-order valence-electron chi connectivity index (χ1n) is 10.9. The number of nitrogens with zero attached hydrogens (tertiary/aromatic N) is 2. The highest BCUT2D eigenvalue weighted by Gasteiger charge is 2.37. The molecule has 6 nitrogen and oxygen atoms in total. The Morgan fingerprint density at radius 2 is 1.55 bits per heavy atom. The van der Waals surface area contributed by atoms with Gasteiger partial charge in [-0.15, -0.1) is 0 Å². The number of fused-ring (bicyclic) bond motifs is 3. The average molecular weight is 437 g/mol. The highest BCUT2D eigenvalue weighted by Crippen LogP contribution is 2.31. The van der Waals surface area contributed by atoms with E-state index >= 15 is 0 Å². The number of barbiturate groups is 1. The van der Waals surface area contributed by atoms with Gasteiger partial charge in [-0.1, -0.05) is 30.3 Å². The fourth-order valence-corrected chi connectivity index (χ4v) is 4.64. The fourth-order valence-electron chi connectivity index (χ4n) is 4.64. The standard InChI is InChI=1S/C27H23N3O3/c1-4-29-23-8-6-5-7-20(23)21-14-18(9-10-24(21)29)15-22-25(31)28-27(33)30(26(22)32)19-12-16(2)11-17(3)13-19/h5-15H,4H2,1-3H3,(H,28,31,33)/b22-15+. The molecule has 0 unspecified atom stereocenters. The molecule has 164 valence electrons. The van der Waals surface area contributed by atoms with Gasteiger partial charge in [0.05, 0.1) is 5.69 Å². The lowest BCUT2D eigenvalue weighted by atomic mass is 10.0. The summed E-state index contributed by atoms with van der Waals surface area (Å²) in [6, 6.07) is 18.8. The second kappa shape index (κ2) is 7.74. The summed E-state index contributed by atoms with van der Waals surface area (Å²) in [6.45, 7) is 6.73. The van der Waals surface area contributed by atoms with Gasteiger partial charge in [0.1, 0.15) is 5.57 Å². The van der Waals surface area contributed by atoms with Gasteiger partial charge in [0.15, 0.2) is 0 Å². The summed E-state index contributed by atoms with van der Waals surface area (Å²) in [7, 11) is 0. The molecule has 0 radical (unpaired) electrons. The molecule has 33 heavy (non-hydrogen) atoms. The van der Waals surface area contributed by atoms with Crippen molar-refractivity contribution in [3.8, 4) is 0 Å². The van der Waals surface area contributed by atoms with E-state index in [1.165, 1.54) is 0 Å². The van der Waals surface area contributed by atoms with Crippen LogP contribution in [0.4, 0.5) is 10.5 Å². The smallest absolute Gasteiger partial charge is 0.335 e. The van der Waals surface area contributed by atoms with Crippen LogP contribution in [0.15, 0.2) is 66.2 Å². The van der Waals surface area contributed by atoms with Crippen molar-refractivity contribution in [3.63, 3.8) is 0 Å². The zero-order chi connectivity index (χ0) is 23.3. The third-order valence-corrected chi connectivity index (χ3v) is 5.99. The molecule has 0 spiro atoms. The second-order valence-electron chi connectivity index (χ2n) is 8.34. The minimum atomic E-state index is -0.742. The number of hydrogen-bond acceptors (Lipinski definition) is 3. The number of amides is 4. The van der Waals surface area contributed by atoms with Gasteiger partial charge in [-0.05, 0) is 73.9 Å². The first-order chi connectivity index (χ1) is 15.9. The van der Waals surface area contributed by atoms with Crippen LogP contribution in [0, 0.1) is 13.8 Å². The van der Waals surface area contributed by atoms with Crippen LogP contribution in [-0.4, -0.2) is 22.4 Å². The van der Waals surface area contributed by atoms with E-state index in [0.717, 1.165) is 49.9 Å². The lowest BCUT2D eigenvalue weighted by Crippen LogP contribution is -2.54. The Morgan fingerprint density at radius 1 is 0.848 bits per heavy atom. The molecule has 4 aromatic rings. The van der Waals surface area contributed by atoms with Crippen LogP contribution >= 0.6 is 0 Å². The number of benzene rings is 3. The largest absolute Gasteiger partial charge is 0.341 e. The topological polar surface area (TPSA) is 71.4 Å². The van der Waals surface area contributed by atoms with Gasteiger partial charge < -0.3 is 4.57 Å². The molecule has 1 aromatic heterocycles. The van der Waals surface area contributed by atoms with Crippen molar-refractivity contribution in [1.82, 2.24) is 9.88 Å². The molecular weight excluding hydrogens is 414 g/mol. The maximum absolute atomic E-state index is 13.3. The Hall–Kier alpha value is -4.19. The number of para-hydroxylation sites is 1. The van der Waals surface area contributed by atoms with Gasteiger partial charge in [-0.3, -0.25) is 14.9 Å². The average Bonchev–Trinajstić information content (AvgIpc) is 3.09. The van der Waals surface area contributed by atoms with E-state index in [0.29, 0.717) is 5.69 Å². The molecule has 1 aliphatic heterocycles. The zero-order valence-electron chi connectivity index (χ0n) is 18.7. The van der Waals surface area contributed by atoms with E-state index in [1.54, 1.807) is 18.2 Å². The molecule has 1 fully saturated rings. The fraction of sp³-hybridized carbons (Fsp3) is 0.148. The van der Waals surface area contributed by atoms with Gasteiger partial charge in [0.2, 0.25) is 0 Å². The second-order valence-corrected chi connectivity index (χ2v) is 8.34. The molecule has 2 heterocycles. The lowest BCUT2D eigenvalue weighted by molar-refractivity contribution is -0.122. The molecule has 4 amide bonds. The van der Waals surface area contributed by atoms with E-state index in [2.05, 4.69) is 28.9 Å². The molecule has 1 aliphatic rings. The van der Waals surface area contributed by atoms with Crippen molar-refractivity contribution < 1.29 is 14.4 Å². The molecule has 1 saturated heterocycles. The Balaban J connectivity index is 1.61. The minimum Gasteiger partial charge on any atom is -0.341 e. The van der Waals surface area contributed by atoms with Gasteiger partial charge in [0, 0.05) is 28.4 Å². The lowest BCUT2D eigenvalue weighted by Gasteiger charge is -2.27. The molecule has 0 atom stereocenters. The van der Waals surface area contributed by atoms with E-state index in [4.69, 9.17) is 0 Å². The van der Waals surface area contributed by atoms with Gasteiger partial charge in [-0.25, -0.2) is 9.69 Å². The predicted molar refractivity (Wildman–Crippen MR) is 130 cm³/mol. The van der Waals surface area contributed by atoms with Crippen LogP contribution in [0.25, 0.3) is 27.9 Å². The van der Waals surface area contributed by atoms with E-state index in [1.807, 2.05) is 50.2 Å². The van der Waals surface area contributed by atoms with Crippen molar-refractivity contribution in [2.75, 3.05) is 4.90 Å². The molecular formula is C27H23N3O3. The normalized spacial score (nSPS) is 15.7. The number of nitrogens with one attached hydrogen (secondary N) is 1. The van der Waals surface area contributed by atoms with E-state index in [-0.39, 0.29) is 5.57 Å².